The van der Waals surface area contributed by atoms with Crippen LogP contribution in [0.15, 0.2) is 64.6 Å². The Bertz CT molecular complexity index is 1410. The lowest BCUT2D eigenvalue weighted by Crippen LogP contribution is -2.20. The third kappa shape index (κ3) is 8.14. The molecule has 37 heavy (non-hydrogen) atoms. The van der Waals surface area contributed by atoms with Crippen molar-refractivity contribution in [3.05, 3.63) is 85.3 Å². The maximum atomic E-state index is 12.6. The molecule has 0 aliphatic carbocycles. The van der Waals surface area contributed by atoms with Crippen molar-refractivity contribution in [1.82, 2.24) is 0 Å². The van der Waals surface area contributed by atoms with E-state index in [4.69, 9.17) is 44.3 Å². The third-order valence-corrected chi connectivity index (χ3v) is 6.20. The molecule has 0 spiro atoms. The quantitative estimate of drug-likeness (QED) is 0.192. The van der Waals surface area contributed by atoms with E-state index < -0.39 is 11.8 Å². The van der Waals surface area contributed by atoms with Crippen LogP contribution in [0.4, 0.5) is 11.4 Å². The first-order valence-electron chi connectivity index (χ1n) is 10.7. The average molecular weight is 624 g/mol. The van der Waals surface area contributed by atoms with Gasteiger partial charge in [-0.1, -0.05) is 40.9 Å². The van der Waals surface area contributed by atoms with Gasteiger partial charge in [0.2, 0.25) is 0 Å². The molecular formula is C26H19BrCl3N3O4. The highest BCUT2D eigenvalue weighted by Crippen LogP contribution is 2.37. The molecule has 3 aromatic carbocycles. The molecule has 0 atom stereocenters. The molecule has 3 rings (SSSR count). The van der Waals surface area contributed by atoms with Crippen molar-refractivity contribution >= 4 is 80.0 Å². The summed E-state index contributed by atoms with van der Waals surface area (Å²) < 4.78 is 11.8. The standard InChI is InChI=1S/C26H19BrCl3N3O4/c1-2-36-23-10-15(8-16(13-31)26(35)33-18-5-3-4-17(28)11-18)9-20(27)25(23)37-14-24(34)32-19-6-7-21(29)22(30)12-19/h3-12H,2,14H2,1H3,(H,32,34)(H,33,35)/b16-8-. The number of anilines is 2. The summed E-state index contributed by atoms with van der Waals surface area (Å²) in [6.07, 6.45) is 1.41. The molecule has 0 radical (unpaired) electrons. The minimum Gasteiger partial charge on any atom is -0.490 e. The van der Waals surface area contributed by atoms with Crippen LogP contribution >= 0.6 is 50.7 Å². The van der Waals surface area contributed by atoms with Crippen LogP contribution in [0, 0.1) is 11.3 Å². The number of ether oxygens (including phenoxy) is 2. The fourth-order valence-corrected chi connectivity index (χ4v) is 4.13. The number of nitrogens with zero attached hydrogens (tertiary/aromatic N) is 1. The second kappa shape index (κ2) is 13.4. The second-order valence-electron chi connectivity index (χ2n) is 7.36. The van der Waals surface area contributed by atoms with Crippen molar-refractivity contribution in [2.45, 2.75) is 6.92 Å². The molecular weight excluding hydrogens is 605 g/mol. The van der Waals surface area contributed by atoms with E-state index in [1.807, 2.05) is 6.07 Å². The van der Waals surface area contributed by atoms with E-state index >= 15 is 0 Å². The van der Waals surface area contributed by atoms with Crippen LogP contribution in [-0.2, 0) is 9.59 Å². The van der Waals surface area contributed by atoms with Crippen molar-refractivity contribution < 1.29 is 19.1 Å². The van der Waals surface area contributed by atoms with Gasteiger partial charge in [-0.15, -0.1) is 0 Å². The van der Waals surface area contributed by atoms with Gasteiger partial charge in [0.05, 0.1) is 21.1 Å². The van der Waals surface area contributed by atoms with Gasteiger partial charge in [0.15, 0.2) is 18.1 Å². The maximum absolute atomic E-state index is 12.6. The van der Waals surface area contributed by atoms with Gasteiger partial charge in [-0.3, -0.25) is 9.59 Å². The second-order valence-corrected chi connectivity index (χ2v) is 9.47. The fraction of sp³-hybridized carbons (Fsp3) is 0.115. The first kappa shape index (κ1) is 28.4. The van der Waals surface area contributed by atoms with Gasteiger partial charge in [0, 0.05) is 16.4 Å². The molecule has 3 aromatic rings. The van der Waals surface area contributed by atoms with E-state index in [2.05, 4.69) is 26.6 Å². The van der Waals surface area contributed by atoms with E-state index in [1.54, 1.807) is 55.5 Å². The molecule has 0 aliphatic heterocycles. The molecule has 2 N–H and O–H groups in total. The number of rotatable bonds is 9. The van der Waals surface area contributed by atoms with Crippen molar-refractivity contribution in [2.75, 3.05) is 23.8 Å². The maximum Gasteiger partial charge on any atom is 0.266 e. The Balaban J connectivity index is 1.77. The average Bonchev–Trinajstić information content (AvgIpc) is 2.84. The third-order valence-electron chi connectivity index (χ3n) is 4.64. The first-order chi connectivity index (χ1) is 17.7. The largest absolute Gasteiger partial charge is 0.490 e. The number of benzene rings is 3. The molecule has 0 saturated heterocycles. The molecule has 0 unspecified atom stereocenters. The summed E-state index contributed by atoms with van der Waals surface area (Å²) in [7, 11) is 0. The lowest BCUT2D eigenvalue weighted by atomic mass is 10.1. The van der Waals surface area contributed by atoms with Crippen molar-refractivity contribution in [2.24, 2.45) is 0 Å². The fourth-order valence-electron chi connectivity index (χ4n) is 3.06. The molecule has 0 fully saturated rings. The summed E-state index contributed by atoms with van der Waals surface area (Å²) in [5.74, 6) is -0.428. The molecule has 11 heteroatoms. The highest BCUT2D eigenvalue weighted by Gasteiger charge is 2.16. The van der Waals surface area contributed by atoms with E-state index in [1.165, 1.54) is 12.1 Å². The van der Waals surface area contributed by atoms with E-state index in [9.17, 15) is 14.9 Å². The van der Waals surface area contributed by atoms with Gasteiger partial charge in [0.25, 0.3) is 11.8 Å². The number of hydrogen-bond acceptors (Lipinski definition) is 5. The van der Waals surface area contributed by atoms with Gasteiger partial charge in [-0.25, -0.2) is 0 Å². The normalized spacial score (nSPS) is 10.9. The van der Waals surface area contributed by atoms with Gasteiger partial charge < -0.3 is 20.1 Å². The zero-order valence-corrected chi connectivity index (χ0v) is 23.1. The van der Waals surface area contributed by atoms with Crippen LogP contribution in [0.2, 0.25) is 15.1 Å². The Morgan fingerprint density at radius 3 is 2.43 bits per heavy atom. The Morgan fingerprint density at radius 1 is 1.00 bits per heavy atom. The van der Waals surface area contributed by atoms with Crippen LogP contribution in [0.25, 0.3) is 6.08 Å². The molecule has 0 aromatic heterocycles. The highest BCUT2D eigenvalue weighted by atomic mass is 79.9. The van der Waals surface area contributed by atoms with Gasteiger partial charge in [-0.2, -0.15) is 5.26 Å². The van der Waals surface area contributed by atoms with Crippen LogP contribution in [0.5, 0.6) is 11.5 Å². The van der Waals surface area contributed by atoms with Crippen LogP contribution < -0.4 is 20.1 Å². The van der Waals surface area contributed by atoms with Crippen LogP contribution in [0.3, 0.4) is 0 Å². The van der Waals surface area contributed by atoms with Crippen molar-refractivity contribution in [3.63, 3.8) is 0 Å². The summed E-state index contributed by atoms with van der Waals surface area (Å²) >= 11 is 21.2. The van der Waals surface area contributed by atoms with E-state index in [0.717, 1.165) is 0 Å². The van der Waals surface area contributed by atoms with Crippen molar-refractivity contribution in [1.29, 1.82) is 5.26 Å². The zero-order valence-electron chi connectivity index (χ0n) is 19.3. The van der Waals surface area contributed by atoms with Crippen LogP contribution in [0.1, 0.15) is 12.5 Å². The Kier molecular flexibility index (Phi) is 10.2. The van der Waals surface area contributed by atoms with E-state index in [-0.39, 0.29) is 17.9 Å². The zero-order chi connectivity index (χ0) is 26.9. The molecule has 0 aliphatic rings. The number of hydrogen-bond donors (Lipinski definition) is 2. The molecule has 190 valence electrons. The molecule has 0 saturated carbocycles. The van der Waals surface area contributed by atoms with Crippen LogP contribution in [-0.4, -0.2) is 25.0 Å². The number of nitriles is 1. The van der Waals surface area contributed by atoms with Crippen molar-refractivity contribution in [3.8, 4) is 17.6 Å². The summed E-state index contributed by atoms with van der Waals surface area (Å²) in [6.45, 7) is 1.78. The number of amides is 2. The molecule has 0 heterocycles. The lowest BCUT2D eigenvalue weighted by molar-refractivity contribution is -0.118. The molecule has 2 amide bonds. The smallest absolute Gasteiger partial charge is 0.266 e. The predicted octanol–water partition coefficient (Wildman–Crippen LogP) is 7.37. The minimum absolute atomic E-state index is 0.135. The summed E-state index contributed by atoms with van der Waals surface area (Å²) in [6, 6.07) is 16.4. The number of carbonyl (C=O) groups excluding carboxylic acids is 2. The number of carbonyl (C=O) groups is 2. The van der Waals surface area contributed by atoms with Gasteiger partial charge in [0.1, 0.15) is 11.6 Å². The lowest BCUT2D eigenvalue weighted by Gasteiger charge is -2.15. The highest BCUT2D eigenvalue weighted by molar-refractivity contribution is 9.10. The Hall–Kier alpha value is -3.22. The summed E-state index contributed by atoms with van der Waals surface area (Å²) in [5.41, 5.74) is 1.29. The van der Waals surface area contributed by atoms with E-state index in [0.29, 0.717) is 48.8 Å². The number of halogens is 4. The monoisotopic (exact) mass is 621 g/mol. The topological polar surface area (TPSA) is 100 Å². The van der Waals surface area contributed by atoms with Gasteiger partial charge in [-0.05, 0) is 83.0 Å². The molecule has 7 nitrogen and oxygen atoms in total. The van der Waals surface area contributed by atoms with Gasteiger partial charge >= 0.3 is 0 Å². The summed E-state index contributed by atoms with van der Waals surface area (Å²) in [5, 5.41) is 16.0. The SMILES string of the molecule is CCOc1cc(/C=C(/C#N)C(=O)Nc2cccc(Cl)c2)cc(Br)c1OCC(=O)Nc1ccc(Cl)c(Cl)c1. The summed E-state index contributed by atoms with van der Waals surface area (Å²) in [4.78, 5) is 25.0. The Labute approximate surface area is 237 Å². The Morgan fingerprint density at radius 2 is 1.76 bits per heavy atom. The predicted molar refractivity (Wildman–Crippen MR) is 150 cm³/mol. The first-order valence-corrected chi connectivity index (χ1v) is 12.7. The number of nitrogens with one attached hydrogen (secondary N) is 2. The molecule has 0 bridgehead atoms. The minimum atomic E-state index is -0.599.